The number of esters is 3. The van der Waals surface area contributed by atoms with Crippen molar-refractivity contribution in [1.82, 2.24) is 0 Å². The van der Waals surface area contributed by atoms with Crippen LogP contribution in [0.1, 0.15) is 20.8 Å². The summed E-state index contributed by atoms with van der Waals surface area (Å²) in [6.45, 7) is 10.4. The molecular weight excluding hydrogens is 544 g/mol. The third-order valence-corrected chi connectivity index (χ3v) is 6.84. The highest BCUT2D eigenvalue weighted by Gasteiger charge is 2.35. The molecule has 3 aromatic rings. The summed E-state index contributed by atoms with van der Waals surface area (Å²) in [4.78, 5) is 38.0. The Morgan fingerprint density at radius 2 is 1.15 bits per heavy atom. The fourth-order valence-corrected chi connectivity index (χ4v) is 3.92. The van der Waals surface area contributed by atoms with Crippen molar-refractivity contribution in [3.05, 3.63) is 85.0 Å². The monoisotopic (exact) mass is 576 g/mol. The second-order valence-corrected chi connectivity index (χ2v) is 10.6. The number of ether oxygens (including phenoxy) is 3. The Kier molecular flexibility index (Phi) is 10.3. The molecule has 0 fully saturated rings. The summed E-state index contributed by atoms with van der Waals surface area (Å²) in [6, 6.07) is 17.0. The van der Waals surface area contributed by atoms with Crippen molar-refractivity contribution >= 4 is 29.7 Å². The van der Waals surface area contributed by atoms with E-state index in [-0.39, 0.29) is 16.9 Å². The minimum Gasteiger partial charge on any atom is -0.425 e. The van der Waals surface area contributed by atoms with Gasteiger partial charge < -0.3 is 24.4 Å². The van der Waals surface area contributed by atoms with Gasteiger partial charge in [-0.25, -0.2) is 9.59 Å². The number of hydrogen-bond acceptors (Lipinski definition) is 9. The van der Waals surface area contributed by atoms with Gasteiger partial charge in [-0.3, -0.25) is 4.79 Å². The molecule has 0 atom stereocenters. The van der Waals surface area contributed by atoms with E-state index >= 15 is 0 Å². The van der Waals surface area contributed by atoms with Crippen molar-refractivity contribution < 1.29 is 38.8 Å². The smallest absolute Gasteiger partial charge is 0.338 e. The van der Waals surface area contributed by atoms with E-state index in [0.717, 1.165) is 4.90 Å². The highest BCUT2D eigenvalue weighted by atomic mass is 32.2. The van der Waals surface area contributed by atoms with Gasteiger partial charge in [0.25, 0.3) is 0 Å². The summed E-state index contributed by atoms with van der Waals surface area (Å²) in [5.41, 5.74) is 1.38. The lowest BCUT2D eigenvalue weighted by Gasteiger charge is -2.24. The minimum absolute atomic E-state index is 0.194. The Bertz CT molecular complexity index is 1380. The first kappa shape index (κ1) is 31.3. The highest BCUT2D eigenvalue weighted by molar-refractivity contribution is 7.98. The zero-order valence-corrected chi connectivity index (χ0v) is 24.2. The molecule has 0 radical (unpaired) electrons. The molecule has 0 unspecified atom stereocenters. The third-order valence-electron chi connectivity index (χ3n) is 6.13. The van der Waals surface area contributed by atoms with Gasteiger partial charge in [0.1, 0.15) is 22.7 Å². The van der Waals surface area contributed by atoms with Gasteiger partial charge in [-0.05, 0) is 74.6 Å². The van der Waals surface area contributed by atoms with Crippen molar-refractivity contribution in [2.24, 2.45) is 5.41 Å². The predicted molar refractivity (Wildman–Crippen MR) is 158 cm³/mol. The molecule has 0 bridgehead atoms. The number of thioether (sulfide) groups is 1. The SMILES string of the molecule is C=C(C)C(=O)Oc1ccc(-c2cc(SC)cc(-c3ccc(OC(=O)C(=C)C)cc3)c2OC(=O)C(C)(CO)CO)cc1. The summed E-state index contributed by atoms with van der Waals surface area (Å²) < 4.78 is 16.5. The van der Waals surface area contributed by atoms with Gasteiger partial charge in [-0.15, -0.1) is 11.8 Å². The fourth-order valence-electron chi connectivity index (χ4n) is 3.45. The number of hydrogen-bond donors (Lipinski definition) is 2. The Balaban J connectivity index is 2.16. The van der Waals surface area contributed by atoms with Gasteiger partial charge in [0.05, 0.1) is 13.2 Å². The van der Waals surface area contributed by atoms with Crippen LogP contribution in [0.25, 0.3) is 22.3 Å². The number of carbonyl (C=O) groups excluding carboxylic acids is 3. The Morgan fingerprint density at radius 1 is 0.756 bits per heavy atom. The van der Waals surface area contributed by atoms with Crippen LogP contribution < -0.4 is 14.2 Å². The molecule has 0 aromatic heterocycles. The zero-order chi connectivity index (χ0) is 30.3. The van der Waals surface area contributed by atoms with E-state index in [4.69, 9.17) is 14.2 Å². The van der Waals surface area contributed by atoms with E-state index < -0.39 is 36.5 Å². The van der Waals surface area contributed by atoms with E-state index in [2.05, 4.69) is 13.2 Å². The molecule has 9 heteroatoms. The summed E-state index contributed by atoms with van der Waals surface area (Å²) >= 11 is 1.48. The van der Waals surface area contributed by atoms with Crippen LogP contribution >= 0.6 is 11.8 Å². The average Bonchev–Trinajstić information content (AvgIpc) is 2.97. The molecule has 41 heavy (non-hydrogen) atoms. The molecule has 0 aliphatic heterocycles. The largest absolute Gasteiger partial charge is 0.425 e. The molecular formula is C32H32O8S. The van der Waals surface area contributed by atoms with Gasteiger partial charge in [0.2, 0.25) is 0 Å². The maximum Gasteiger partial charge on any atom is 0.338 e. The van der Waals surface area contributed by atoms with E-state index in [1.54, 1.807) is 62.4 Å². The predicted octanol–water partition coefficient (Wildman–Crippen LogP) is 5.60. The third kappa shape index (κ3) is 7.52. The average molecular weight is 577 g/mol. The molecule has 3 rings (SSSR count). The van der Waals surface area contributed by atoms with E-state index in [0.29, 0.717) is 33.8 Å². The van der Waals surface area contributed by atoms with Gasteiger partial charge in [0.15, 0.2) is 0 Å². The molecule has 3 aromatic carbocycles. The summed E-state index contributed by atoms with van der Waals surface area (Å²) in [5.74, 6) is -1.10. The molecule has 0 aliphatic rings. The van der Waals surface area contributed by atoms with Gasteiger partial charge in [-0.2, -0.15) is 0 Å². The Labute approximate surface area is 243 Å². The molecule has 0 heterocycles. The molecule has 0 saturated carbocycles. The van der Waals surface area contributed by atoms with Crippen LogP contribution in [-0.2, 0) is 14.4 Å². The Morgan fingerprint density at radius 3 is 1.46 bits per heavy atom. The van der Waals surface area contributed by atoms with Crippen molar-refractivity contribution in [3.63, 3.8) is 0 Å². The van der Waals surface area contributed by atoms with Crippen LogP contribution in [0.3, 0.4) is 0 Å². The van der Waals surface area contributed by atoms with E-state index in [9.17, 15) is 24.6 Å². The van der Waals surface area contributed by atoms with Crippen molar-refractivity contribution in [1.29, 1.82) is 0 Å². The number of aliphatic hydroxyl groups excluding tert-OH is 2. The van der Waals surface area contributed by atoms with E-state index in [1.807, 2.05) is 18.4 Å². The lowest BCUT2D eigenvalue weighted by atomic mass is 9.92. The topological polar surface area (TPSA) is 119 Å². The van der Waals surface area contributed by atoms with E-state index in [1.165, 1.54) is 18.7 Å². The van der Waals surface area contributed by atoms with Crippen LogP contribution in [0.2, 0.25) is 0 Å². The standard InChI is InChI=1S/C32H32O8S/c1-19(2)29(35)38-23-11-7-21(8-12-23)26-15-25(41-6)16-27(28(26)40-31(37)32(5,17-33)18-34)22-9-13-24(14-10-22)39-30(36)20(3)4/h7-16,33-34H,1,3,17-18H2,2,4-6H3. The number of benzene rings is 3. The molecule has 2 N–H and O–H groups in total. The molecule has 0 spiro atoms. The minimum atomic E-state index is -1.55. The second kappa shape index (κ2) is 13.5. The first-order valence-corrected chi connectivity index (χ1v) is 13.8. The first-order chi connectivity index (χ1) is 19.4. The summed E-state index contributed by atoms with van der Waals surface area (Å²) in [6.07, 6.45) is 1.91. The fraction of sp³-hybridized carbons (Fsp3) is 0.219. The zero-order valence-electron chi connectivity index (χ0n) is 23.4. The quantitative estimate of drug-likeness (QED) is 0.130. The van der Waals surface area contributed by atoms with Crippen molar-refractivity contribution in [3.8, 4) is 39.5 Å². The highest BCUT2D eigenvalue weighted by Crippen LogP contribution is 2.43. The molecule has 214 valence electrons. The van der Waals surface area contributed by atoms with Crippen LogP contribution in [0, 0.1) is 5.41 Å². The van der Waals surface area contributed by atoms with Crippen LogP contribution in [0.15, 0.2) is 89.9 Å². The summed E-state index contributed by atoms with van der Waals surface area (Å²) in [5, 5.41) is 19.6. The van der Waals surface area contributed by atoms with Crippen LogP contribution in [0.5, 0.6) is 17.2 Å². The molecule has 8 nitrogen and oxygen atoms in total. The second-order valence-electron chi connectivity index (χ2n) is 9.71. The van der Waals surface area contributed by atoms with Crippen LogP contribution in [0.4, 0.5) is 0 Å². The molecule has 0 saturated heterocycles. The van der Waals surface area contributed by atoms with Crippen molar-refractivity contribution in [2.75, 3.05) is 19.5 Å². The maximum atomic E-state index is 13.2. The lowest BCUT2D eigenvalue weighted by molar-refractivity contribution is -0.149. The normalized spacial score (nSPS) is 11.0. The van der Waals surface area contributed by atoms with Crippen LogP contribution in [-0.4, -0.2) is 47.6 Å². The molecule has 0 amide bonds. The lowest BCUT2D eigenvalue weighted by Crippen LogP contribution is -2.38. The number of carbonyl (C=O) groups is 3. The maximum absolute atomic E-state index is 13.2. The Hall–Kier alpha value is -4.18. The van der Waals surface area contributed by atoms with Gasteiger partial charge >= 0.3 is 17.9 Å². The summed E-state index contributed by atoms with van der Waals surface area (Å²) in [7, 11) is 0. The number of rotatable bonds is 11. The number of aliphatic hydroxyl groups is 2. The van der Waals surface area contributed by atoms with Crippen molar-refractivity contribution in [2.45, 2.75) is 25.7 Å². The van der Waals surface area contributed by atoms with Gasteiger partial charge in [-0.1, -0.05) is 37.4 Å². The first-order valence-electron chi connectivity index (χ1n) is 12.5. The molecule has 0 aliphatic carbocycles. The van der Waals surface area contributed by atoms with Gasteiger partial charge in [0, 0.05) is 27.2 Å².